The summed E-state index contributed by atoms with van der Waals surface area (Å²) < 4.78 is 5.17. The Hall–Kier alpha value is 0.290. The molecular weight excluding hydrogens is 247 g/mol. The third-order valence-electron chi connectivity index (χ3n) is 0.917. The second kappa shape index (κ2) is 3.46. The van der Waals surface area contributed by atoms with Gasteiger partial charge in [0.15, 0.2) is 3.01 Å². The average Bonchev–Trinajstić information content (AvgIpc) is 2.17. The van der Waals surface area contributed by atoms with Gasteiger partial charge in [-0.3, -0.25) is 0 Å². The van der Waals surface area contributed by atoms with Gasteiger partial charge in [-0.05, 0) is 40.5 Å². The molecule has 2 nitrogen and oxygen atoms in total. The third kappa shape index (κ3) is 2.17. The molecule has 0 aliphatic carbocycles. The first kappa shape index (κ1) is 7.40. The zero-order valence-electron chi connectivity index (χ0n) is 5.09. The molecule has 1 aromatic heterocycles. The molecule has 1 heterocycles. The smallest absolute Gasteiger partial charge is 0.173 e. The summed E-state index contributed by atoms with van der Waals surface area (Å²) in [5, 5.41) is 0. The highest BCUT2D eigenvalue weighted by Crippen LogP contribution is 2.07. The van der Waals surface area contributed by atoms with Crippen LogP contribution in [0.25, 0.3) is 0 Å². The van der Waals surface area contributed by atoms with E-state index in [4.69, 9.17) is 0 Å². The maximum absolute atomic E-state index is 4.19. The lowest BCUT2D eigenvalue weighted by Gasteiger charge is -1.83. The van der Waals surface area contributed by atoms with Crippen molar-refractivity contribution < 1.29 is 0 Å². The van der Waals surface area contributed by atoms with Crippen molar-refractivity contribution in [3.05, 3.63) is 8.84 Å². The van der Waals surface area contributed by atoms with Crippen molar-refractivity contribution in [1.82, 2.24) is 9.36 Å². The van der Waals surface area contributed by atoms with E-state index < -0.39 is 0 Å². The van der Waals surface area contributed by atoms with Crippen LogP contribution < -0.4 is 0 Å². The molecular formula is C5H7IN2S. The second-order valence-corrected chi connectivity index (χ2v) is 4.22. The Morgan fingerprint density at radius 1 is 1.67 bits per heavy atom. The summed E-state index contributed by atoms with van der Waals surface area (Å²) in [6.07, 6.45) is 2.15. The molecule has 1 rings (SSSR count). The Bertz CT molecular complexity index is 187. The molecule has 0 fully saturated rings. The van der Waals surface area contributed by atoms with Crippen LogP contribution in [0.4, 0.5) is 0 Å². The quantitative estimate of drug-likeness (QED) is 0.755. The minimum Gasteiger partial charge on any atom is -0.213 e. The van der Waals surface area contributed by atoms with Gasteiger partial charge in [0.05, 0.1) is 0 Å². The van der Waals surface area contributed by atoms with Crippen molar-refractivity contribution in [2.75, 3.05) is 0 Å². The molecule has 0 radical (unpaired) electrons. The third-order valence-corrected chi connectivity index (χ3v) is 2.29. The largest absolute Gasteiger partial charge is 0.213 e. The Labute approximate surface area is 72.0 Å². The fourth-order valence-corrected chi connectivity index (χ4v) is 1.59. The molecule has 0 atom stereocenters. The summed E-state index contributed by atoms with van der Waals surface area (Å²) in [5.41, 5.74) is 0. The summed E-state index contributed by atoms with van der Waals surface area (Å²) in [7, 11) is 0. The average molecular weight is 254 g/mol. The summed E-state index contributed by atoms with van der Waals surface area (Å²) in [6.45, 7) is 2.13. The van der Waals surface area contributed by atoms with E-state index in [0.717, 1.165) is 21.7 Å². The fraction of sp³-hybridized carbons (Fsp3) is 0.600. The highest BCUT2D eigenvalue weighted by Gasteiger charge is 1.97. The highest BCUT2D eigenvalue weighted by molar-refractivity contribution is 14.1. The van der Waals surface area contributed by atoms with Gasteiger partial charge in [-0.1, -0.05) is 6.92 Å². The summed E-state index contributed by atoms with van der Waals surface area (Å²) in [4.78, 5) is 4.19. The standard InChI is InChI=1S/C5H7IN2S/c1-2-3-4-7-5(6)9-8-4/h2-3H2,1H3. The molecule has 0 bridgehead atoms. The lowest BCUT2D eigenvalue weighted by atomic mass is 10.3. The van der Waals surface area contributed by atoms with Crippen LogP contribution in [0, 0.1) is 3.01 Å². The molecule has 0 aliphatic rings. The molecule has 0 aromatic carbocycles. The van der Waals surface area contributed by atoms with Gasteiger partial charge >= 0.3 is 0 Å². The topological polar surface area (TPSA) is 25.8 Å². The van der Waals surface area contributed by atoms with Crippen LogP contribution in [-0.2, 0) is 6.42 Å². The van der Waals surface area contributed by atoms with Gasteiger partial charge in [-0.25, -0.2) is 4.98 Å². The SMILES string of the molecule is CCCc1nsc(I)n1. The van der Waals surface area contributed by atoms with E-state index in [1.54, 1.807) is 0 Å². The zero-order valence-corrected chi connectivity index (χ0v) is 8.07. The molecule has 0 aliphatic heterocycles. The summed E-state index contributed by atoms with van der Waals surface area (Å²) in [6, 6.07) is 0. The van der Waals surface area contributed by atoms with E-state index in [2.05, 4.69) is 38.9 Å². The summed E-state index contributed by atoms with van der Waals surface area (Å²) in [5.74, 6) is 0.993. The van der Waals surface area contributed by atoms with Crippen LogP contribution in [0.3, 0.4) is 0 Å². The number of nitrogens with zero attached hydrogens (tertiary/aromatic N) is 2. The van der Waals surface area contributed by atoms with E-state index in [0.29, 0.717) is 0 Å². The molecule has 9 heavy (non-hydrogen) atoms. The zero-order chi connectivity index (χ0) is 6.69. The number of aryl methyl sites for hydroxylation is 1. The van der Waals surface area contributed by atoms with Crippen LogP contribution >= 0.6 is 34.1 Å². The first-order valence-corrected chi connectivity index (χ1v) is 4.66. The lowest BCUT2D eigenvalue weighted by Crippen LogP contribution is -1.84. The van der Waals surface area contributed by atoms with Crippen molar-refractivity contribution >= 4 is 34.1 Å². The normalized spacial score (nSPS) is 10.0. The maximum Gasteiger partial charge on any atom is 0.173 e. The first-order chi connectivity index (χ1) is 4.33. The fourth-order valence-electron chi connectivity index (χ4n) is 0.558. The summed E-state index contributed by atoms with van der Waals surface area (Å²) >= 11 is 3.66. The van der Waals surface area contributed by atoms with Gasteiger partial charge in [0.1, 0.15) is 5.82 Å². The Morgan fingerprint density at radius 3 is 2.89 bits per heavy atom. The second-order valence-electron chi connectivity index (χ2n) is 1.71. The number of aromatic nitrogens is 2. The van der Waals surface area contributed by atoms with E-state index in [1.807, 2.05) is 0 Å². The van der Waals surface area contributed by atoms with Crippen LogP contribution in [-0.4, -0.2) is 9.36 Å². The van der Waals surface area contributed by atoms with Gasteiger partial charge in [-0.2, -0.15) is 4.37 Å². The molecule has 1 aromatic rings. The first-order valence-electron chi connectivity index (χ1n) is 2.81. The van der Waals surface area contributed by atoms with Gasteiger partial charge in [0, 0.05) is 6.42 Å². The molecule has 0 N–H and O–H groups in total. The monoisotopic (exact) mass is 254 g/mol. The number of halogens is 1. The van der Waals surface area contributed by atoms with E-state index in [1.165, 1.54) is 11.5 Å². The molecule has 0 amide bonds. The van der Waals surface area contributed by atoms with Crippen LogP contribution in [0.1, 0.15) is 19.2 Å². The van der Waals surface area contributed by atoms with Crippen molar-refractivity contribution in [1.29, 1.82) is 0 Å². The van der Waals surface area contributed by atoms with E-state index in [-0.39, 0.29) is 0 Å². The minimum atomic E-state index is 0.993. The molecule has 0 saturated carbocycles. The van der Waals surface area contributed by atoms with E-state index in [9.17, 15) is 0 Å². The van der Waals surface area contributed by atoms with Crippen LogP contribution in [0.15, 0.2) is 0 Å². The van der Waals surface area contributed by atoms with Crippen molar-refractivity contribution in [3.8, 4) is 0 Å². The van der Waals surface area contributed by atoms with Gasteiger partial charge < -0.3 is 0 Å². The van der Waals surface area contributed by atoms with Gasteiger partial charge in [0.2, 0.25) is 0 Å². The molecule has 4 heteroatoms. The van der Waals surface area contributed by atoms with E-state index >= 15 is 0 Å². The molecule has 0 spiro atoms. The van der Waals surface area contributed by atoms with Crippen LogP contribution in [0.2, 0.25) is 0 Å². The number of hydrogen-bond acceptors (Lipinski definition) is 3. The molecule has 0 saturated heterocycles. The van der Waals surface area contributed by atoms with Gasteiger partial charge in [-0.15, -0.1) is 0 Å². The predicted molar refractivity (Wildman–Crippen MR) is 46.6 cm³/mol. The van der Waals surface area contributed by atoms with Crippen LogP contribution in [0.5, 0.6) is 0 Å². The minimum absolute atomic E-state index is 0.993. The van der Waals surface area contributed by atoms with Crippen molar-refractivity contribution in [3.63, 3.8) is 0 Å². The lowest BCUT2D eigenvalue weighted by molar-refractivity contribution is 0.859. The Balaban J connectivity index is 2.61. The van der Waals surface area contributed by atoms with Gasteiger partial charge in [0.25, 0.3) is 0 Å². The number of hydrogen-bond donors (Lipinski definition) is 0. The molecule has 50 valence electrons. The van der Waals surface area contributed by atoms with Crippen molar-refractivity contribution in [2.45, 2.75) is 19.8 Å². The Morgan fingerprint density at radius 2 is 2.44 bits per heavy atom. The Kier molecular flexibility index (Phi) is 2.84. The number of rotatable bonds is 2. The highest BCUT2D eigenvalue weighted by atomic mass is 127. The maximum atomic E-state index is 4.19. The predicted octanol–water partition coefficient (Wildman–Crippen LogP) is 2.10. The molecule has 0 unspecified atom stereocenters. The van der Waals surface area contributed by atoms with Crippen molar-refractivity contribution in [2.24, 2.45) is 0 Å².